The Morgan fingerprint density at radius 3 is 2.88 bits per heavy atom. The molecule has 0 aliphatic rings. The van der Waals surface area contributed by atoms with E-state index in [2.05, 4.69) is 36.3 Å². The molecule has 0 saturated heterocycles. The lowest BCUT2D eigenvalue weighted by atomic mass is 10.2. The van der Waals surface area contributed by atoms with Crippen molar-refractivity contribution in [3.05, 3.63) is 59.2 Å². The van der Waals surface area contributed by atoms with E-state index in [1.54, 1.807) is 29.3 Å². The summed E-state index contributed by atoms with van der Waals surface area (Å²) in [5, 5.41) is 6.84. The van der Waals surface area contributed by atoms with E-state index in [0.29, 0.717) is 17.3 Å². The van der Waals surface area contributed by atoms with Gasteiger partial charge in [0.15, 0.2) is 5.82 Å². The van der Waals surface area contributed by atoms with Crippen LogP contribution < -0.4 is 5.32 Å². The normalized spacial score (nSPS) is 10.6. The van der Waals surface area contributed by atoms with Crippen molar-refractivity contribution in [2.24, 2.45) is 0 Å². The number of rotatable bonds is 5. The van der Waals surface area contributed by atoms with Crippen molar-refractivity contribution >= 4 is 39.3 Å². The Hall–Kier alpha value is -2.19. The van der Waals surface area contributed by atoms with E-state index in [0.717, 1.165) is 14.9 Å². The standard InChI is InChI=1S/C16H14BrN5OS/c1-11-6-12(17)2-4-14(11)24-8-16(23)21-13-3-5-15(19-7-13)22-10-18-9-20-22/h2-7,9-10H,8H2,1H3,(H,21,23). The first-order chi connectivity index (χ1) is 11.6. The molecule has 0 spiro atoms. The van der Waals surface area contributed by atoms with Crippen molar-refractivity contribution in [1.29, 1.82) is 0 Å². The van der Waals surface area contributed by atoms with Crippen molar-refractivity contribution in [3.63, 3.8) is 0 Å². The van der Waals surface area contributed by atoms with E-state index in [4.69, 9.17) is 0 Å². The topological polar surface area (TPSA) is 72.7 Å². The summed E-state index contributed by atoms with van der Waals surface area (Å²) < 4.78 is 2.59. The van der Waals surface area contributed by atoms with Crippen LogP contribution in [0.1, 0.15) is 5.56 Å². The predicted molar refractivity (Wildman–Crippen MR) is 97.4 cm³/mol. The highest BCUT2D eigenvalue weighted by atomic mass is 79.9. The molecule has 0 bridgehead atoms. The molecule has 8 heteroatoms. The van der Waals surface area contributed by atoms with Gasteiger partial charge in [-0.2, -0.15) is 5.10 Å². The largest absolute Gasteiger partial charge is 0.324 e. The first-order valence-electron chi connectivity index (χ1n) is 7.12. The highest BCUT2D eigenvalue weighted by molar-refractivity contribution is 9.10. The number of amides is 1. The minimum absolute atomic E-state index is 0.0716. The zero-order valence-corrected chi connectivity index (χ0v) is 15.2. The molecule has 3 rings (SSSR count). The first kappa shape index (κ1) is 16.7. The zero-order valence-electron chi connectivity index (χ0n) is 12.8. The van der Waals surface area contributed by atoms with Gasteiger partial charge >= 0.3 is 0 Å². The van der Waals surface area contributed by atoms with Crippen molar-refractivity contribution in [3.8, 4) is 5.82 Å². The average molecular weight is 404 g/mol. The lowest BCUT2D eigenvalue weighted by Gasteiger charge is -2.08. The Morgan fingerprint density at radius 2 is 2.21 bits per heavy atom. The molecule has 1 N–H and O–H groups in total. The molecule has 122 valence electrons. The number of carbonyl (C=O) groups is 1. The zero-order chi connectivity index (χ0) is 16.9. The number of hydrogen-bond acceptors (Lipinski definition) is 5. The van der Waals surface area contributed by atoms with Crippen LogP contribution >= 0.6 is 27.7 Å². The Morgan fingerprint density at radius 1 is 1.33 bits per heavy atom. The number of carbonyl (C=O) groups excluding carboxylic acids is 1. The smallest absolute Gasteiger partial charge is 0.234 e. The summed E-state index contributed by atoms with van der Waals surface area (Å²) in [5.74, 6) is 0.913. The number of hydrogen-bond donors (Lipinski definition) is 1. The Bertz CT molecular complexity index is 836. The van der Waals surface area contributed by atoms with Crippen LogP contribution in [0.2, 0.25) is 0 Å². The number of halogens is 1. The molecule has 0 aliphatic heterocycles. The van der Waals surface area contributed by atoms with E-state index in [-0.39, 0.29) is 5.91 Å². The molecule has 2 aromatic heterocycles. The van der Waals surface area contributed by atoms with Crippen LogP contribution in [0, 0.1) is 6.92 Å². The quantitative estimate of drug-likeness (QED) is 0.660. The SMILES string of the molecule is Cc1cc(Br)ccc1SCC(=O)Nc1ccc(-n2cncn2)nc1. The molecule has 24 heavy (non-hydrogen) atoms. The number of aromatic nitrogens is 4. The van der Waals surface area contributed by atoms with Crippen LogP contribution in [0.5, 0.6) is 0 Å². The van der Waals surface area contributed by atoms with Gasteiger partial charge in [-0.25, -0.2) is 14.6 Å². The van der Waals surface area contributed by atoms with Gasteiger partial charge in [-0.3, -0.25) is 4.79 Å². The molecule has 0 saturated carbocycles. The van der Waals surface area contributed by atoms with Crippen molar-refractivity contribution in [2.45, 2.75) is 11.8 Å². The van der Waals surface area contributed by atoms with Crippen LogP contribution in [-0.2, 0) is 4.79 Å². The van der Waals surface area contributed by atoms with E-state index in [1.165, 1.54) is 18.1 Å². The summed E-state index contributed by atoms with van der Waals surface area (Å²) in [6.45, 7) is 2.03. The number of nitrogens with zero attached hydrogens (tertiary/aromatic N) is 4. The lowest BCUT2D eigenvalue weighted by Crippen LogP contribution is -2.14. The molecule has 0 atom stereocenters. The summed E-state index contributed by atoms with van der Waals surface area (Å²) in [4.78, 5) is 21.3. The Balaban J connectivity index is 1.56. The number of anilines is 1. The van der Waals surface area contributed by atoms with Gasteiger partial charge in [0, 0.05) is 9.37 Å². The van der Waals surface area contributed by atoms with Crippen molar-refractivity contribution in [1.82, 2.24) is 19.7 Å². The molecule has 6 nitrogen and oxygen atoms in total. The van der Waals surface area contributed by atoms with Gasteiger partial charge in [0.05, 0.1) is 17.6 Å². The molecule has 0 unspecified atom stereocenters. The highest BCUT2D eigenvalue weighted by Gasteiger charge is 2.07. The molecule has 3 aromatic rings. The predicted octanol–water partition coefficient (Wildman–Crippen LogP) is 3.46. The fourth-order valence-corrected chi connectivity index (χ4v) is 3.32. The fraction of sp³-hybridized carbons (Fsp3) is 0.125. The van der Waals surface area contributed by atoms with E-state index in [9.17, 15) is 4.79 Å². The van der Waals surface area contributed by atoms with Crippen LogP contribution in [0.15, 0.2) is 58.6 Å². The van der Waals surface area contributed by atoms with Crippen molar-refractivity contribution in [2.75, 3.05) is 11.1 Å². The summed E-state index contributed by atoms with van der Waals surface area (Å²) in [7, 11) is 0. The van der Waals surface area contributed by atoms with Crippen molar-refractivity contribution < 1.29 is 4.79 Å². The fourth-order valence-electron chi connectivity index (χ4n) is 2.04. The van der Waals surface area contributed by atoms with Gasteiger partial charge in [-0.1, -0.05) is 15.9 Å². The molecule has 1 amide bonds. The average Bonchev–Trinajstić information content (AvgIpc) is 3.09. The van der Waals surface area contributed by atoms with Crippen LogP contribution in [0.3, 0.4) is 0 Å². The maximum Gasteiger partial charge on any atom is 0.234 e. The summed E-state index contributed by atoms with van der Waals surface area (Å²) in [5.41, 5.74) is 1.79. The maximum absolute atomic E-state index is 12.1. The third-order valence-electron chi connectivity index (χ3n) is 3.18. The third kappa shape index (κ3) is 4.21. The monoisotopic (exact) mass is 403 g/mol. The van der Waals surface area contributed by atoms with Gasteiger partial charge < -0.3 is 5.32 Å². The number of thioether (sulfide) groups is 1. The van der Waals surface area contributed by atoms with Gasteiger partial charge in [0.1, 0.15) is 12.7 Å². The number of aryl methyl sites for hydroxylation is 1. The molecule has 2 heterocycles. The second-order valence-electron chi connectivity index (χ2n) is 4.99. The number of pyridine rings is 1. The second kappa shape index (κ2) is 7.59. The van der Waals surface area contributed by atoms with E-state index < -0.39 is 0 Å². The van der Waals surface area contributed by atoms with E-state index >= 15 is 0 Å². The molecule has 0 fully saturated rings. The molecule has 0 aliphatic carbocycles. The summed E-state index contributed by atoms with van der Waals surface area (Å²) in [6, 6.07) is 9.58. The molecule has 1 aromatic carbocycles. The maximum atomic E-state index is 12.1. The molecule has 0 radical (unpaired) electrons. The third-order valence-corrected chi connectivity index (χ3v) is 4.85. The van der Waals surface area contributed by atoms with Gasteiger partial charge in [0.25, 0.3) is 0 Å². The molecular weight excluding hydrogens is 390 g/mol. The lowest BCUT2D eigenvalue weighted by molar-refractivity contribution is -0.113. The van der Waals surface area contributed by atoms with Gasteiger partial charge in [0.2, 0.25) is 5.91 Å². The van der Waals surface area contributed by atoms with Crippen LogP contribution in [-0.4, -0.2) is 31.4 Å². The van der Waals surface area contributed by atoms with E-state index in [1.807, 2.05) is 25.1 Å². The van der Waals surface area contributed by atoms with Crippen LogP contribution in [0.4, 0.5) is 5.69 Å². The summed E-state index contributed by atoms with van der Waals surface area (Å²) in [6.07, 6.45) is 4.61. The number of benzene rings is 1. The highest BCUT2D eigenvalue weighted by Crippen LogP contribution is 2.25. The minimum Gasteiger partial charge on any atom is -0.324 e. The number of nitrogens with one attached hydrogen (secondary N) is 1. The first-order valence-corrected chi connectivity index (χ1v) is 8.89. The minimum atomic E-state index is -0.0716. The summed E-state index contributed by atoms with van der Waals surface area (Å²) >= 11 is 4.94. The van der Waals surface area contributed by atoms with Gasteiger partial charge in [-0.05, 0) is 42.8 Å². The molecular formula is C16H14BrN5OS. The van der Waals surface area contributed by atoms with Gasteiger partial charge in [-0.15, -0.1) is 11.8 Å². The Kier molecular flexibility index (Phi) is 5.27. The van der Waals surface area contributed by atoms with Crippen LogP contribution in [0.25, 0.3) is 5.82 Å². The second-order valence-corrected chi connectivity index (χ2v) is 6.92. The Labute approximate surface area is 151 Å².